The molecule has 3 N–H and O–H groups in total. The molecule has 1 saturated carbocycles. The molecule has 19 nitrogen and oxygen atoms in total. The van der Waals surface area contributed by atoms with Crippen LogP contribution in [0, 0.1) is 15.5 Å². The highest BCUT2D eigenvalue weighted by Crippen LogP contribution is 2.54. The average molecular weight is 1060 g/mol. The normalized spacial score (nSPS) is 24.3. The van der Waals surface area contributed by atoms with E-state index in [1.54, 1.807) is 6.07 Å². The number of carbonyl (C=O) groups excluding carboxylic acids is 1. The van der Waals surface area contributed by atoms with Gasteiger partial charge in [-0.05, 0) is 98.7 Å². The number of carbonyl (C=O) groups is 1. The lowest BCUT2D eigenvalue weighted by molar-refractivity contribution is -0.384. The van der Waals surface area contributed by atoms with E-state index in [-0.39, 0.29) is 47.1 Å². The van der Waals surface area contributed by atoms with Gasteiger partial charge in [-0.1, -0.05) is 38.1 Å². The van der Waals surface area contributed by atoms with Crippen LogP contribution in [0.5, 0.6) is 11.6 Å². The van der Waals surface area contributed by atoms with Crippen molar-refractivity contribution in [3.63, 3.8) is 0 Å². The number of amides is 1. The Morgan fingerprint density at radius 1 is 0.908 bits per heavy atom. The molecule has 76 heavy (non-hydrogen) atoms. The van der Waals surface area contributed by atoms with Gasteiger partial charge in [0.05, 0.1) is 59.0 Å². The molecule has 0 radical (unpaired) electrons. The summed E-state index contributed by atoms with van der Waals surface area (Å²) in [7, 11) is -4.70. The molecule has 5 fully saturated rings. The second-order valence-corrected chi connectivity index (χ2v) is 24.3. The van der Waals surface area contributed by atoms with Crippen LogP contribution >= 0.6 is 0 Å². The van der Waals surface area contributed by atoms with Crippen LogP contribution in [-0.4, -0.2) is 160 Å². The minimum Gasteiger partial charge on any atom is -0.489 e. The molecule has 5 aromatic rings. The van der Waals surface area contributed by atoms with E-state index in [0.29, 0.717) is 73.7 Å². The number of sulfonamides is 1. The fraction of sp³-hybridized carbons (Fsp3) is 0.536. The SMILES string of the molecule is CC(C)c1ccccc1[C@@H]1COCCN1C1CC2(CCN(c3ccc(C(=O)NS(=O)(=O)c4cc5c(c([N+](=O)[O-])c4)N[C@@H](CN4CCN(C(C)C)CC4)CO5)c(N4c5cc6cc[nH]c6nc5O[C@H]5COCC[C@@H]54)c3)CC2)C1. The number of nitrogens with zero attached hydrogens (tertiary/aromatic N) is 7. The molecule has 1 spiro atoms. The smallest absolute Gasteiger partial charge is 0.297 e. The Labute approximate surface area is 444 Å². The number of nitro benzene ring substituents is 1. The van der Waals surface area contributed by atoms with Crippen LogP contribution in [0.15, 0.2) is 77.8 Å². The van der Waals surface area contributed by atoms with Crippen molar-refractivity contribution >= 4 is 55.4 Å². The number of aromatic amines is 1. The van der Waals surface area contributed by atoms with Crippen LogP contribution in [0.4, 0.5) is 28.4 Å². The highest BCUT2D eigenvalue weighted by atomic mass is 32.2. The molecule has 8 heterocycles. The topological polar surface area (TPSA) is 200 Å². The van der Waals surface area contributed by atoms with E-state index in [4.69, 9.17) is 23.9 Å². The number of hydrogen-bond donors (Lipinski definition) is 3. The number of nitrogens with one attached hydrogen (secondary N) is 3. The van der Waals surface area contributed by atoms with Gasteiger partial charge in [0, 0.05) is 100 Å². The number of piperidine rings is 1. The zero-order chi connectivity index (χ0) is 52.5. The third-order valence-electron chi connectivity index (χ3n) is 17.4. The number of rotatable bonds is 12. The number of benzene rings is 3. The summed E-state index contributed by atoms with van der Waals surface area (Å²) in [5, 5.41) is 16.8. The van der Waals surface area contributed by atoms with E-state index in [0.717, 1.165) is 95.2 Å². The number of ether oxygens (including phenoxy) is 4. The lowest BCUT2D eigenvalue weighted by Crippen LogP contribution is -2.58. The van der Waals surface area contributed by atoms with Crippen molar-refractivity contribution in [1.82, 2.24) is 29.4 Å². The van der Waals surface area contributed by atoms with Crippen LogP contribution in [0.25, 0.3) is 11.0 Å². The first kappa shape index (κ1) is 50.8. The Kier molecular flexibility index (Phi) is 13.6. The zero-order valence-electron chi connectivity index (χ0n) is 43.9. The fourth-order valence-corrected chi connectivity index (χ4v) is 14.2. The van der Waals surface area contributed by atoms with Gasteiger partial charge in [-0.15, -0.1) is 0 Å². The number of piperazine rings is 1. The lowest BCUT2D eigenvalue weighted by Gasteiger charge is -2.57. The number of fused-ring (bicyclic) bond motifs is 4. The second-order valence-electron chi connectivity index (χ2n) is 22.6. The molecule has 6 aliphatic heterocycles. The first-order valence-electron chi connectivity index (χ1n) is 27.3. The molecule has 0 unspecified atom stereocenters. The summed E-state index contributed by atoms with van der Waals surface area (Å²) in [5.74, 6) is -0.0599. The molecule has 0 bridgehead atoms. The van der Waals surface area contributed by atoms with Gasteiger partial charge < -0.3 is 39.0 Å². The van der Waals surface area contributed by atoms with Gasteiger partial charge in [0.2, 0.25) is 5.88 Å². The predicted octanol–water partition coefficient (Wildman–Crippen LogP) is 7.42. The van der Waals surface area contributed by atoms with Crippen molar-refractivity contribution in [1.29, 1.82) is 0 Å². The van der Waals surface area contributed by atoms with Crippen molar-refractivity contribution in [2.45, 2.75) is 107 Å². The number of nitro groups is 1. The van der Waals surface area contributed by atoms with Gasteiger partial charge in [-0.2, -0.15) is 4.98 Å². The van der Waals surface area contributed by atoms with E-state index >= 15 is 0 Å². The standard InChI is InChI=1S/C56H70N10O9S/c1-35(2)42-7-5-6-8-43(42)49-33-73-24-22-64(49)40-29-56(30-40)13-16-63(17-14-56)39-9-10-44(46(26-39)65-45-12-23-72-34-51(45)75-55-48(65)25-37-11-15-57-53(37)59-55)54(67)60-76(70,71)41-27-47(66(68)69)52-50(28-41)74-32-38(58-52)31-61-18-20-62(21-19-61)36(3)4/h5-11,15,25-28,35-36,38,40,45,49,51,58H,12-14,16-24,29-34H2,1-4H3,(H,57,59)(H,60,67)/t38-,45-,49-,51-/m0/s1. The van der Waals surface area contributed by atoms with Gasteiger partial charge in [0.15, 0.2) is 11.4 Å². The van der Waals surface area contributed by atoms with Crippen molar-refractivity contribution in [2.24, 2.45) is 5.41 Å². The van der Waals surface area contributed by atoms with Crippen LogP contribution < -0.4 is 29.3 Å². The molecule has 4 atom stereocenters. The molecule has 1 aliphatic carbocycles. The summed E-state index contributed by atoms with van der Waals surface area (Å²) >= 11 is 0. The van der Waals surface area contributed by atoms with Crippen LogP contribution in [-0.2, 0) is 19.5 Å². The minimum absolute atomic E-state index is 0.0328. The van der Waals surface area contributed by atoms with E-state index in [1.165, 1.54) is 17.2 Å². The Morgan fingerprint density at radius 2 is 1.70 bits per heavy atom. The third-order valence-corrected chi connectivity index (χ3v) is 18.7. The van der Waals surface area contributed by atoms with E-state index in [2.05, 4.69) is 91.5 Å². The van der Waals surface area contributed by atoms with E-state index in [1.807, 2.05) is 30.5 Å². The third kappa shape index (κ3) is 9.62. The van der Waals surface area contributed by atoms with Crippen molar-refractivity contribution < 1.29 is 37.1 Å². The number of pyridine rings is 1. The molecule has 1 amide bonds. The zero-order valence-corrected chi connectivity index (χ0v) is 44.7. The summed E-state index contributed by atoms with van der Waals surface area (Å²) in [6.07, 6.45) is 6.28. The van der Waals surface area contributed by atoms with Crippen molar-refractivity contribution in [3.05, 3.63) is 99.7 Å². The predicted molar refractivity (Wildman–Crippen MR) is 290 cm³/mol. The number of anilines is 4. The molecule has 404 valence electrons. The maximum atomic E-state index is 14.9. The summed E-state index contributed by atoms with van der Waals surface area (Å²) < 4.78 is 55.9. The first-order chi connectivity index (χ1) is 36.7. The van der Waals surface area contributed by atoms with Gasteiger partial charge in [-0.3, -0.25) is 29.6 Å². The monoisotopic (exact) mass is 1060 g/mol. The minimum atomic E-state index is -4.70. The lowest BCUT2D eigenvalue weighted by atomic mass is 9.59. The number of hydrogen-bond acceptors (Lipinski definition) is 16. The number of morpholine rings is 1. The first-order valence-corrected chi connectivity index (χ1v) is 28.8. The maximum Gasteiger partial charge on any atom is 0.297 e. The number of H-pyrrole nitrogens is 1. The Morgan fingerprint density at radius 3 is 2.47 bits per heavy atom. The molecular formula is C56H70N10O9S. The molecule has 4 saturated heterocycles. The molecular weight excluding hydrogens is 989 g/mol. The summed E-state index contributed by atoms with van der Waals surface area (Å²) in [4.78, 5) is 46.4. The molecule has 7 aliphatic rings. The van der Waals surface area contributed by atoms with Crippen molar-refractivity contribution in [2.75, 3.05) is 101 Å². The van der Waals surface area contributed by atoms with Crippen LogP contribution in [0.2, 0.25) is 0 Å². The number of aromatic nitrogens is 2. The molecule has 12 rings (SSSR count). The largest absolute Gasteiger partial charge is 0.489 e. The van der Waals surface area contributed by atoms with Gasteiger partial charge in [0.1, 0.15) is 24.0 Å². The summed E-state index contributed by atoms with van der Waals surface area (Å²) in [5.41, 5.74) is 5.47. The molecule has 3 aromatic carbocycles. The van der Waals surface area contributed by atoms with Gasteiger partial charge >= 0.3 is 0 Å². The maximum absolute atomic E-state index is 14.9. The second kappa shape index (κ2) is 20.4. The van der Waals surface area contributed by atoms with Crippen LogP contribution in [0.3, 0.4) is 0 Å². The Bertz CT molecular complexity index is 3110. The van der Waals surface area contributed by atoms with Crippen molar-refractivity contribution in [3.8, 4) is 11.6 Å². The Balaban J connectivity index is 0.815. The van der Waals surface area contributed by atoms with Gasteiger partial charge in [-0.25, -0.2) is 13.1 Å². The quantitative estimate of drug-likeness (QED) is 0.0823. The molecule has 2 aromatic heterocycles. The summed E-state index contributed by atoms with van der Waals surface area (Å²) in [6.45, 7) is 18.0. The highest BCUT2D eigenvalue weighted by Gasteiger charge is 2.50. The van der Waals surface area contributed by atoms with E-state index in [9.17, 15) is 23.3 Å². The average Bonchev–Trinajstić information content (AvgIpc) is 3.94. The van der Waals surface area contributed by atoms with E-state index < -0.39 is 37.5 Å². The van der Waals surface area contributed by atoms with Crippen LogP contribution in [0.1, 0.15) is 93.2 Å². The highest BCUT2D eigenvalue weighted by molar-refractivity contribution is 7.90. The molecule has 20 heteroatoms. The fourth-order valence-electron chi connectivity index (χ4n) is 13.2. The van der Waals surface area contributed by atoms with Gasteiger partial charge in [0.25, 0.3) is 21.6 Å². The Hall–Kier alpha value is -6.03. The summed E-state index contributed by atoms with van der Waals surface area (Å²) in [6, 6.07) is 21.2.